The maximum Gasteiger partial charge on any atom is 0.231 e. The van der Waals surface area contributed by atoms with Crippen molar-refractivity contribution in [3.8, 4) is 22.0 Å². The van der Waals surface area contributed by atoms with Crippen LogP contribution in [0, 0.1) is 5.41 Å². The lowest BCUT2D eigenvalue weighted by molar-refractivity contribution is -0.122. The predicted octanol–water partition coefficient (Wildman–Crippen LogP) is 5.08. The van der Waals surface area contributed by atoms with Gasteiger partial charge in [0.15, 0.2) is 0 Å². The molecule has 0 bridgehead atoms. The fourth-order valence-electron chi connectivity index (χ4n) is 2.13. The second-order valence-corrected chi connectivity index (χ2v) is 7.43. The largest absolute Gasteiger partial charge is 0.326 e. The van der Waals surface area contributed by atoms with Crippen LogP contribution in [0.25, 0.3) is 22.0 Å². The third-order valence-corrected chi connectivity index (χ3v) is 5.29. The van der Waals surface area contributed by atoms with Crippen molar-refractivity contribution in [2.24, 2.45) is 5.41 Å². The molecule has 0 saturated heterocycles. The number of halogens is 1. The fraction of sp³-hybridized carbons (Fsp3) is 0.211. The van der Waals surface area contributed by atoms with Crippen molar-refractivity contribution in [2.45, 2.75) is 13.8 Å². The summed E-state index contributed by atoms with van der Waals surface area (Å²) in [4.78, 5) is 21.3. The number of hydrogen-bond donors (Lipinski definition) is 1. The number of nitrogens with zero attached hydrogens (tertiary/aromatic N) is 2. The van der Waals surface area contributed by atoms with Gasteiger partial charge in [-0.3, -0.25) is 9.78 Å². The molecule has 25 heavy (non-hydrogen) atoms. The van der Waals surface area contributed by atoms with Gasteiger partial charge in [-0.25, -0.2) is 4.98 Å². The van der Waals surface area contributed by atoms with Crippen LogP contribution in [0.1, 0.15) is 13.8 Å². The first-order valence-corrected chi connectivity index (χ1v) is 9.26. The van der Waals surface area contributed by atoms with Crippen LogP contribution in [-0.4, -0.2) is 21.8 Å². The minimum Gasteiger partial charge on any atom is -0.326 e. The lowest BCUT2D eigenvalue weighted by Gasteiger charge is -2.20. The van der Waals surface area contributed by atoms with Gasteiger partial charge in [0.1, 0.15) is 5.01 Å². The van der Waals surface area contributed by atoms with Crippen molar-refractivity contribution in [3.63, 3.8) is 0 Å². The van der Waals surface area contributed by atoms with Gasteiger partial charge >= 0.3 is 0 Å². The molecular weight excluding hydrogens is 354 g/mol. The number of aromatic nitrogens is 2. The second kappa shape index (κ2) is 7.33. The van der Waals surface area contributed by atoms with Crippen LogP contribution in [0.15, 0.2) is 54.0 Å². The summed E-state index contributed by atoms with van der Waals surface area (Å²) in [7, 11) is 0. The summed E-state index contributed by atoms with van der Waals surface area (Å²) in [6.07, 6.45) is 1.76. The highest BCUT2D eigenvalue weighted by molar-refractivity contribution is 7.13. The van der Waals surface area contributed by atoms with Crippen LogP contribution < -0.4 is 5.32 Å². The predicted molar refractivity (Wildman–Crippen MR) is 104 cm³/mol. The van der Waals surface area contributed by atoms with Crippen molar-refractivity contribution in [2.75, 3.05) is 11.2 Å². The number of carbonyl (C=O) groups excluding carboxylic acids is 1. The normalized spacial score (nSPS) is 11.3. The van der Waals surface area contributed by atoms with Crippen LogP contribution in [-0.2, 0) is 4.79 Å². The van der Waals surface area contributed by atoms with Crippen molar-refractivity contribution in [3.05, 3.63) is 54.0 Å². The van der Waals surface area contributed by atoms with Crippen LogP contribution in [0.3, 0.4) is 0 Å². The maximum absolute atomic E-state index is 12.3. The topological polar surface area (TPSA) is 54.9 Å². The van der Waals surface area contributed by atoms with E-state index < -0.39 is 5.41 Å². The third-order valence-electron chi connectivity index (χ3n) is 3.75. The van der Waals surface area contributed by atoms with Gasteiger partial charge in [-0.15, -0.1) is 22.9 Å². The quantitative estimate of drug-likeness (QED) is 0.636. The standard InChI is InChI=1S/C19H18ClN3OS/c1-19(2,12-20)18(24)22-14-7-5-6-13(10-14)16-11-25-17(23-16)15-8-3-4-9-21-15/h3-11H,12H2,1-2H3,(H,22,24). The number of benzene rings is 1. The number of amides is 1. The van der Waals surface area contributed by atoms with Crippen LogP contribution in [0.5, 0.6) is 0 Å². The van der Waals surface area contributed by atoms with E-state index in [9.17, 15) is 4.79 Å². The van der Waals surface area contributed by atoms with E-state index in [0.717, 1.165) is 27.6 Å². The van der Waals surface area contributed by atoms with E-state index in [2.05, 4.69) is 15.3 Å². The lowest BCUT2D eigenvalue weighted by Crippen LogP contribution is -2.32. The Bertz CT molecular complexity index is 877. The molecule has 6 heteroatoms. The Labute approximate surface area is 155 Å². The number of nitrogens with one attached hydrogen (secondary N) is 1. The van der Waals surface area contributed by atoms with Crippen molar-refractivity contribution >= 4 is 34.5 Å². The molecule has 3 rings (SSSR count). The molecule has 1 amide bonds. The zero-order valence-electron chi connectivity index (χ0n) is 14.0. The molecule has 0 radical (unpaired) electrons. The fourth-order valence-corrected chi connectivity index (χ4v) is 3.06. The second-order valence-electron chi connectivity index (χ2n) is 6.31. The average molecular weight is 372 g/mol. The molecule has 128 valence electrons. The maximum atomic E-state index is 12.3. The monoisotopic (exact) mass is 371 g/mol. The first kappa shape index (κ1) is 17.6. The molecule has 0 saturated carbocycles. The summed E-state index contributed by atoms with van der Waals surface area (Å²) >= 11 is 7.41. The number of alkyl halides is 1. The molecular formula is C19H18ClN3OS. The molecule has 0 aliphatic rings. The van der Waals surface area contributed by atoms with Crippen LogP contribution >= 0.6 is 22.9 Å². The van der Waals surface area contributed by atoms with E-state index >= 15 is 0 Å². The molecule has 2 heterocycles. The Morgan fingerprint density at radius 2 is 2.04 bits per heavy atom. The zero-order valence-corrected chi connectivity index (χ0v) is 15.6. The Morgan fingerprint density at radius 3 is 2.76 bits per heavy atom. The van der Waals surface area contributed by atoms with Gasteiger partial charge < -0.3 is 5.32 Å². The molecule has 0 spiro atoms. The van der Waals surface area contributed by atoms with E-state index in [1.54, 1.807) is 17.5 Å². The van der Waals surface area contributed by atoms with Gasteiger partial charge in [0, 0.05) is 28.7 Å². The molecule has 2 aromatic heterocycles. The van der Waals surface area contributed by atoms with Gasteiger partial charge in [0.25, 0.3) is 0 Å². The molecule has 0 fully saturated rings. The van der Waals surface area contributed by atoms with E-state index in [-0.39, 0.29) is 11.8 Å². The highest BCUT2D eigenvalue weighted by atomic mass is 35.5. The average Bonchev–Trinajstić information content (AvgIpc) is 3.13. The minimum atomic E-state index is -0.621. The van der Waals surface area contributed by atoms with Gasteiger partial charge in [0.05, 0.1) is 16.8 Å². The first-order chi connectivity index (χ1) is 12.0. The smallest absolute Gasteiger partial charge is 0.231 e. The van der Waals surface area contributed by atoms with Crippen LogP contribution in [0.2, 0.25) is 0 Å². The lowest BCUT2D eigenvalue weighted by atomic mass is 9.95. The Kier molecular flexibility index (Phi) is 5.16. The number of thiazole rings is 1. The van der Waals surface area contributed by atoms with Gasteiger partial charge in [0.2, 0.25) is 5.91 Å². The zero-order chi connectivity index (χ0) is 17.9. The summed E-state index contributed by atoms with van der Waals surface area (Å²) in [5.41, 5.74) is 2.77. The third kappa shape index (κ3) is 4.06. The number of pyridine rings is 1. The van der Waals surface area contributed by atoms with Crippen molar-refractivity contribution in [1.29, 1.82) is 0 Å². The first-order valence-electron chi connectivity index (χ1n) is 7.84. The summed E-state index contributed by atoms with van der Waals surface area (Å²) in [5.74, 6) is 0.157. The molecule has 4 nitrogen and oxygen atoms in total. The van der Waals surface area contributed by atoms with Gasteiger partial charge in [-0.2, -0.15) is 0 Å². The Hall–Kier alpha value is -2.24. The highest BCUT2D eigenvalue weighted by Crippen LogP contribution is 2.29. The number of anilines is 1. The number of hydrogen-bond acceptors (Lipinski definition) is 4. The highest BCUT2D eigenvalue weighted by Gasteiger charge is 2.26. The van der Waals surface area contributed by atoms with E-state index in [1.165, 1.54) is 0 Å². The molecule has 0 aliphatic heterocycles. The summed E-state index contributed by atoms with van der Waals surface area (Å²) < 4.78 is 0. The molecule has 0 atom stereocenters. The summed E-state index contributed by atoms with van der Waals surface area (Å²) in [6, 6.07) is 13.4. The molecule has 0 unspecified atom stereocenters. The molecule has 0 aliphatic carbocycles. The number of rotatable bonds is 5. The molecule has 1 aromatic carbocycles. The van der Waals surface area contributed by atoms with E-state index in [1.807, 2.05) is 61.7 Å². The summed E-state index contributed by atoms with van der Waals surface area (Å²) in [6.45, 7) is 3.64. The Morgan fingerprint density at radius 1 is 1.20 bits per heavy atom. The van der Waals surface area contributed by atoms with Crippen molar-refractivity contribution in [1.82, 2.24) is 9.97 Å². The molecule has 1 N–H and O–H groups in total. The van der Waals surface area contributed by atoms with Gasteiger partial charge in [-0.1, -0.05) is 18.2 Å². The van der Waals surface area contributed by atoms with Gasteiger partial charge in [-0.05, 0) is 38.1 Å². The Balaban J connectivity index is 1.83. The van der Waals surface area contributed by atoms with Crippen LogP contribution in [0.4, 0.5) is 5.69 Å². The van der Waals surface area contributed by atoms with Crippen molar-refractivity contribution < 1.29 is 4.79 Å². The minimum absolute atomic E-state index is 0.105. The van der Waals surface area contributed by atoms with E-state index in [4.69, 9.17) is 11.6 Å². The van der Waals surface area contributed by atoms with E-state index in [0.29, 0.717) is 0 Å². The summed E-state index contributed by atoms with van der Waals surface area (Å²) in [5, 5.41) is 5.78. The molecule has 3 aromatic rings. The SMILES string of the molecule is CC(C)(CCl)C(=O)Nc1cccc(-c2csc(-c3ccccn3)n2)c1. The number of carbonyl (C=O) groups is 1.